The lowest BCUT2D eigenvalue weighted by molar-refractivity contribution is -0.170. The van der Waals surface area contributed by atoms with Gasteiger partial charge in [-0.1, -0.05) is 71.7 Å². The number of carbonyl (C=O) groups is 4. The summed E-state index contributed by atoms with van der Waals surface area (Å²) in [5.41, 5.74) is 2.10. The normalized spacial score (nSPS) is 13.9. The standard InChI is InChI=1S/C36H38Cl2N4O.C6H8O7/c1-40(2)35-11-7-6-10-31(35)26-14-17-42(18-15-26)19-16-29(27-12-13-33(37)34(38)22-27)24-41(3)36(43)32-21-25(23-39)20-28-8-4-5-9-30(28)32;7-3(8)1-6(13,5(11)12)2-4(9)10/h4-13,20-22,26,29H,14-19,24H2,1-3H3;13H,1-2H2,(H,7,8)(H,9,10)(H,11,12)/t29-;/m1./s1. The number of halogens is 2. The van der Waals surface area contributed by atoms with E-state index in [1.165, 1.54) is 11.3 Å². The van der Waals surface area contributed by atoms with Crippen LogP contribution < -0.4 is 4.90 Å². The van der Waals surface area contributed by atoms with E-state index in [-0.39, 0.29) is 11.8 Å². The fourth-order valence-corrected chi connectivity index (χ4v) is 7.37. The van der Waals surface area contributed by atoms with Crippen LogP contribution in [-0.4, -0.2) is 107 Å². The average Bonchev–Trinajstić information content (AvgIpc) is 3.16. The molecule has 0 aromatic heterocycles. The molecular formula is C42H46Cl2N4O8. The van der Waals surface area contributed by atoms with Crippen molar-refractivity contribution in [1.82, 2.24) is 9.80 Å². The molecule has 4 aromatic rings. The van der Waals surface area contributed by atoms with Crippen molar-refractivity contribution in [3.8, 4) is 6.07 Å². The first-order valence-corrected chi connectivity index (χ1v) is 18.8. The number of amides is 1. The Morgan fingerprint density at radius 1 is 0.875 bits per heavy atom. The van der Waals surface area contributed by atoms with Crippen LogP contribution in [0.15, 0.2) is 78.9 Å². The maximum absolute atomic E-state index is 13.8. The molecule has 4 aromatic carbocycles. The van der Waals surface area contributed by atoms with Crippen molar-refractivity contribution in [2.45, 2.75) is 49.5 Å². The summed E-state index contributed by atoms with van der Waals surface area (Å²) in [4.78, 5) is 50.8. The molecule has 56 heavy (non-hydrogen) atoms. The van der Waals surface area contributed by atoms with Crippen molar-refractivity contribution in [3.05, 3.63) is 111 Å². The van der Waals surface area contributed by atoms with Crippen LogP contribution >= 0.6 is 23.2 Å². The van der Waals surface area contributed by atoms with E-state index in [1.807, 2.05) is 55.6 Å². The van der Waals surface area contributed by atoms with Gasteiger partial charge in [-0.05, 0) is 97.0 Å². The molecule has 1 aliphatic heterocycles. The molecule has 1 heterocycles. The number of aliphatic carboxylic acids is 3. The molecule has 4 N–H and O–H groups in total. The highest BCUT2D eigenvalue weighted by Gasteiger charge is 2.40. The monoisotopic (exact) mass is 804 g/mol. The largest absolute Gasteiger partial charge is 0.481 e. The van der Waals surface area contributed by atoms with E-state index in [2.05, 4.69) is 54.2 Å². The Hall–Kier alpha value is -5.19. The summed E-state index contributed by atoms with van der Waals surface area (Å²) in [6.07, 6.45) is 0.850. The number of piperidine rings is 1. The van der Waals surface area contributed by atoms with E-state index >= 15 is 0 Å². The first-order valence-electron chi connectivity index (χ1n) is 18.0. The third-order valence-electron chi connectivity index (χ3n) is 10.0. The summed E-state index contributed by atoms with van der Waals surface area (Å²) in [6, 6.07) is 28.0. The third kappa shape index (κ3) is 11.4. The van der Waals surface area contributed by atoms with Crippen LogP contribution in [0.5, 0.6) is 0 Å². The van der Waals surface area contributed by atoms with Gasteiger partial charge in [0.15, 0.2) is 5.60 Å². The second-order valence-electron chi connectivity index (χ2n) is 14.2. The molecule has 5 rings (SSSR count). The summed E-state index contributed by atoms with van der Waals surface area (Å²) in [5.74, 6) is -4.49. The van der Waals surface area contributed by atoms with E-state index in [4.69, 9.17) is 43.6 Å². The van der Waals surface area contributed by atoms with Gasteiger partial charge in [0.1, 0.15) is 0 Å². The zero-order valence-electron chi connectivity index (χ0n) is 31.5. The summed E-state index contributed by atoms with van der Waals surface area (Å²) >= 11 is 12.7. The smallest absolute Gasteiger partial charge is 0.336 e. The topological polar surface area (TPSA) is 183 Å². The molecule has 0 saturated carbocycles. The maximum atomic E-state index is 13.8. The van der Waals surface area contributed by atoms with E-state index < -0.39 is 36.4 Å². The van der Waals surface area contributed by atoms with Crippen molar-refractivity contribution in [3.63, 3.8) is 0 Å². The molecule has 296 valence electrons. The van der Waals surface area contributed by atoms with Crippen molar-refractivity contribution in [2.24, 2.45) is 0 Å². The van der Waals surface area contributed by atoms with Crippen molar-refractivity contribution < 1.29 is 39.6 Å². The number of rotatable bonds is 14. The number of likely N-dealkylation sites (tertiary alicyclic amines) is 1. The van der Waals surface area contributed by atoms with E-state index in [0.717, 1.165) is 55.2 Å². The average molecular weight is 806 g/mol. The molecule has 0 radical (unpaired) electrons. The van der Waals surface area contributed by atoms with E-state index in [9.17, 15) is 24.4 Å². The van der Waals surface area contributed by atoms with Crippen LogP contribution in [0.2, 0.25) is 10.0 Å². The second kappa shape index (κ2) is 19.6. The number of anilines is 1. The number of aliphatic hydroxyl groups is 1. The molecule has 0 bridgehead atoms. The van der Waals surface area contributed by atoms with Gasteiger partial charge in [-0.15, -0.1) is 0 Å². The number of carboxylic acids is 3. The van der Waals surface area contributed by atoms with E-state index in [0.29, 0.717) is 33.6 Å². The Kier molecular flexibility index (Phi) is 15.2. The van der Waals surface area contributed by atoms with Gasteiger partial charge in [-0.2, -0.15) is 5.26 Å². The van der Waals surface area contributed by atoms with Gasteiger partial charge in [0.2, 0.25) is 0 Å². The lowest BCUT2D eigenvalue weighted by Gasteiger charge is -2.35. The number of benzene rings is 4. The molecule has 1 atom stereocenters. The minimum absolute atomic E-state index is 0.0707. The Balaban J connectivity index is 0.000000460. The fourth-order valence-electron chi connectivity index (χ4n) is 7.06. The molecule has 0 spiro atoms. The number of fused-ring (bicyclic) bond motifs is 1. The number of nitrogens with zero attached hydrogens (tertiary/aromatic N) is 4. The van der Waals surface area contributed by atoms with Crippen molar-refractivity contribution in [1.29, 1.82) is 5.26 Å². The van der Waals surface area contributed by atoms with Gasteiger partial charge in [0.25, 0.3) is 5.91 Å². The SMILES string of the molecule is CN(C[C@@H](CCN1CCC(c2ccccc2N(C)C)CC1)c1ccc(Cl)c(Cl)c1)C(=O)c1cc(C#N)cc2ccccc12.O=C(O)CC(O)(CC(=O)O)C(=O)O. The molecule has 1 aliphatic rings. The fraction of sp³-hybridized carbons (Fsp3) is 0.357. The van der Waals surface area contributed by atoms with Gasteiger partial charge < -0.3 is 35.1 Å². The van der Waals surface area contributed by atoms with Gasteiger partial charge >= 0.3 is 17.9 Å². The van der Waals surface area contributed by atoms with Crippen LogP contribution in [0.4, 0.5) is 5.69 Å². The molecule has 1 amide bonds. The zero-order chi connectivity index (χ0) is 41.2. The second-order valence-corrected chi connectivity index (χ2v) is 15.1. The van der Waals surface area contributed by atoms with Crippen LogP contribution in [-0.2, 0) is 14.4 Å². The molecule has 14 heteroatoms. The number of hydrogen-bond donors (Lipinski definition) is 4. The predicted molar refractivity (Wildman–Crippen MR) is 216 cm³/mol. The minimum Gasteiger partial charge on any atom is -0.481 e. The molecule has 0 unspecified atom stereocenters. The van der Waals surface area contributed by atoms with Crippen LogP contribution in [0.3, 0.4) is 0 Å². The highest BCUT2D eigenvalue weighted by atomic mass is 35.5. The van der Waals surface area contributed by atoms with Gasteiger partial charge in [-0.25, -0.2) is 4.79 Å². The molecule has 12 nitrogen and oxygen atoms in total. The lowest BCUT2D eigenvalue weighted by atomic mass is 9.87. The predicted octanol–water partition coefficient (Wildman–Crippen LogP) is 6.96. The van der Waals surface area contributed by atoms with Crippen LogP contribution in [0.25, 0.3) is 10.8 Å². The summed E-state index contributed by atoms with van der Waals surface area (Å²) < 4.78 is 0. The number of carboxylic acid groups (broad SMARTS) is 3. The zero-order valence-corrected chi connectivity index (χ0v) is 33.0. The Bertz CT molecular complexity index is 2080. The Morgan fingerprint density at radius 2 is 1.50 bits per heavy atom. The van der Waals surface area contributed by atoms with Crippen LogP contribution in [0.1, 0.15) is 71.0 Å². The third-order valence-corrected chi connectivity index (χ3v) is 10.7. The van der Waals surface area contributed by atoms with Crippen molar-refractivity contribution in [2.75, 3.05) is 52.2 Å². The van der Waals surface area contributed by atoms with Crippen LogP contribution in [0, 0.1) is 11.3 Å². The quantitative estimate of drug-likeness (QED) is 0.103. The number of para-hydroxylation sites is 1. The number of nitriles is 1. The molecule has 1 saturated heterocycles. The highest BCUT2D eigenvalue weighted by molar-refractivity contribution is 6.42. The highest BCUT2D eigenvalue weighted by Crippen LogP contribution is 2.35. The Labute approximate surface area is 336 Å². The number of carbonyl (C=O) groups excluding carboxylic acids is 1. The number of hydrogen-bond acceptors (Lipinski definition) is 8. The molecular weight excluding hydrogens is 759 g/mol. The Morgan fingerprint density at radius 3 is 2.09 bits per heavy atom. The first kappa shape index (κ1) is 43.5. The minimum atomic E-state index is -2.74. The van der Waals surface area contributed by atoms with Gasteiger partial charge in [-0.3, -0.25) is 14.4 Å². The number of likely N-dealkylation sites (N-methyl/N-ethyl adjacent to an activating group) is 1. The lowest BCUT2D eigenvalue weighted by Crippen LogP contribution is -2.42. The van der Waals surface area contributed by atoms with E-state index in [1.54, 1.807) is 11.0 Å². The molecule has 0 aliphatic carbocycles. The molecule has 1 fully saturated rings. The summed E-state index contributed by atoms with van der Waals surface area (Å²) in [7, 11) is 6.07. The van der Waals surface area contributed by atoms with Crippen molar-refractivity contribution >= 4 is 63.5 Å². The summed E-state index contributed by atoms with van der Waals surface area (Å²) in [6.45, 7) is 3.54. The summed E-state index contributed by atoms with van der Waals surface area (Å²) in [5, 5.41) is 46.2. The first-order chi connectivity index (χ1) is 26.5. The maximum Gasteiger partial charge on any atom is 0.336 e. The van der Waals surface area contributed by atoms with Gasteiger partial charge in [0.05, 0.1) is 34.5 Å². The van der Waals surface area contributed by atoms with Gasteiger partial charge in [0, 0.05) is 44.9 Å².